The SMILES string of the molecule is CC(O)(CO)c1cc(NC(=O)c2cc(Cl)cc(C(F)(F)F)c2)c2c(c1)C(=O)NC2c1cc(F)ccc1Cl. The van der Waals surface area contributed by atoms with Crippen molar-refractivity contribution < 1.29 is 37.4 Å². The van der Waals surface area contributed by atoms with Gasteiger partial charge in [-0.1, -0.05) is 23.2 Å². The molecule has 2 unspecified atom stereocenters. The van der Waals surface area contributed by atoms with Crippen LogP contribution in [0.3, 0.4) is 0 Å². The maximum atomic E-state index is 14.0. The largest absolute Gasteiger partial charge is 0.416 e. The number of halogens is 6. The molecule has 194 valence electrons. The molecule has 0 bridgehead atoms. The first-order valence-corrected chi connectivity index (χ1v) is 11.4. The highest BCUT2D eigenvalue weighted by molar-refractivity contribution is 6.31. The fourth-order valence-electron chi connectivity index (χ4n) is 3.99. The zero-order chi connectivity index (χ0) is 27.3. The van der Waals surface area contributed by atoms with Crippen LogP contribution in [-0.4, -0.2) is 28.6 Å². The minimum Gasteiger partial charge on any atom is -0.393 e. The number of benzene rings is 3. The number of nitrogens with one attached hydrogen (secondary N) is 2. The Labute approximate surface area is 217 Å². The van der Waals surface area contributed by atoms with Crippen LogP contribution in [0, 0.1) is 5.82 Å². The lowest BCUT2D eigenvalue weighted by Gasteiger charge is -2.24. The third-order valence-corrected chi connectivity index (χ3v) is 6.49. The number of anilines is 1. The van der Waals surface area contributed by atoms with Gasteiger partial charge in [0.2, 0.25) is 0 Å². The molecule has 0 saturated carbocycles. The first kappa shape index (κ1) is 26.9. The number of carbonyl (C=O) groups excluding carboxylic acids is 2. The number of alkyl halides is 3. The van der Waals surface area contributed by atoms with Crippen molar-refractivity contribution in [3.8, 4) is 0 Å². The summed E-state index contributed by atoms with van der Waals surface area (Å²) in [7, 11) is 0. The van der Waals surface area contributed by atoms with Crippen LogP contribution in [0.1, 0.15) is 55.9 Å². The van der Waals surface area contributed by atoms with Gasteiger partial charge in [0.25, 0.3) is 11.8 Å². The van der Waals surface area contributed by atoms with Gasteiger partial charge in [-0.15, -0.1) is 0 Å². The van der Waals surface area contributed by atoms with Crippen molar-refractivity contribution >= 4 is 40.7 Å². The van der Waals surface area contributed by atoms with Crippen molar-refractivity contribution in [3.05, 3.63) is 97.8 Å². The van der Waals surface area contributed by atoms with E-state index in [1.807, 2.05) is 0 Å². The number of hydrogen-bond donors (Lipinski definition) is 4. The van der Waals surface area contributed by atoms with Gasteiger partial charge in [0.15, 0.2) is 0 Å². The molecule has 2 amide bonds. The summed E-state index contributed by atoms with van der Waals surface area (Å²) in [5, 5.41) is 25.1. The lowest BCUT2D eigenvalue weighted by Crippen LogP contribution is -2.27. The van der Waals surface area contributed by atoms with Crippen LogP contribution in [0.4, 0.5) is 23.2 Å². The summed E-state index contributed by atoms with van der Waals surface area (Å²) in [5.41, 5.74) is -3.18. The maximum absolute atomic E-state index is 14.0. The van der Waals surface area contributed by atoms with Gasteiger partial charge < -0.3 is 20.8 Å². The number of amides is 2. The minimum atomic E-state index is -4.77. The average Bonchev–Trinajstić information content (AvgIpc) is 3.16. The summed E-state index contributed by atoms with van der Waals surface area (Å²) in [4.78, 5) is 26.0. The van der Waals surface area contributed by atoms with Crippen LogP contribution in [0.25, 0.3) is 0 Å². The first-order chi connectivity index (χ1) is 17.2. The van der Waals surface area contributed by atoms with Gasteiger partial charge in [-0.3, -0.25) is 9.59 Å². The molecule has 2 atom stereocenters. The van der Waals surface area contributed by atoms with E-state index in [0.717, 1.165) is 18.2 Å². The first-order valence-electron chi connectivity index (χ1n) is 10.7. The zero-order valence-corrected chi connectivity index (χ0v) is 20.4. The van der Waals surface area contributed by atoms with Gasteiger partial charge in [0.1, 0.15) is 11.4 Å². The molecule has 0 radical (unpaired) electrons. The third kappa shape index (κ3) is 5.28. The van der Waals surface area contributed by atoms with E-state index in [0.29, 0.717) is 12.1 Å². The predicted molar refractivity (Wildman–Crippen MR) is 128 cm³/mol. The molecular weight excluding hydrogens is 539 g/mol. The smallest absolute Gasteiger partial charge is 0.393 e. The van der Waals surface area contributed by atoms with Crippen LogP contribution >= 0.6 is 23.2 Å². The van der Waals surface area contributed by atoms with Gasteiger partial charge in [0.05, 0.1) is 18.2 Å². The topological polar surface area (TPSA) is 98.7 Å². The normalized spacial score (nSPS) is 16.7. The summed E-state index contributed by atoms with van der Waals surface area (Å²) in [6.07, 6.45) is -4.77. The van der Waals surface area contributed by atoms with Gasteiger partial charge in [-0.25, -0.2) is 4.39 Å². The van der Waals surface area contributed by atoms with Crippen LogP contribution in [0.15, 0.2) is 48.5 Å². The van der Waals surface area contributed by atoms with Crippen molar-refractivity contribution in [1.82, 2.24) is 5.32 Å². The molecule has 0 saturated heterocycles. The molecular formula is C25H18Cl2F4N2O4. The van der Waals surface area contributed by atoms with Gasteiger partial charge in [0, 0.05) is 38.0 Å². The highest BCUT2D eigenvalue weighted by Crippen LogP contribution is 2.42. The van der Waals surface area contributed by atoms with Crippen molar-refractivity contribution in [2.45, 2.75) is 24.7 Å². The highest BCUT2D eigenvalue weighted by Gasteiger charge is 2.37. The average molecular weight is 557 g/mol. The standard InChI is InChI=1S/C25H18Cl2F4N2O4/c1-24(37,10-34)12-7-17-20(21(33-23(17)36)16-9-15(28)2-3-18(16)27)19(8-12)32-22(35)11-4-13(25(29,30)31)6-14(26)5-11/h2-9,21,34,37H,10H2,1H3,(H,32,35)(H,33,36). The number of fused-ring (bicyclic) bond motifs is 1. The number of carbonyl (C=O) groups is 2. The van der Waals surface area contributed by atoms with E-state index < -0.39 is 53.2 Å². The summed E-state index contributed by atoms with van der Waals surface area (Å²) >= 11 is 12.1. The van der Waals surface area contributed by atoms with Crippen LogP contribution in [0.5, 0.6) is 0 Å². The molecule has 0 spiro atoms. The molecule has 1 heterocycles. The second-order valence-electron chi connectivity index (χ2n) is 8.67. The molecule has 37 heavy (non-hydrogen) atoms. The molecule has 4 rings (SSSR count). The van der Waals surface area contributed by atoms with E-state index in [9.17, 15) is 37.4 Å². The number of aliphatic hydroxyl groups is 2. The van der Waals surface area contributed by atoms with Crippen molar-refractivity contribution in [1.29, 1.82) is 0 Å². The predicted octanol–water partition coefficient (Wildman–Crippen LogP) is 5.44. The molecule has 1 aliphatic heterocycles. The summed E-state index contributed by atoms with van der Waals surface area (Å²) < 4.78 is 53.8. The summed E-state index contributed by atoms with van der Waals surface area (Å²) in [6, 6.07) is 7.32. The fourth-order valence-corrected chi connectivity index (χ4v) is 4.45. The molecule has 6 nitrogen and oxygen atoms in total. The summed E-state index contributed by atoms with van der Waals surface area (Å²) in [6.45, 7) is 0.518. The highest BCUT2D eigenvalue weighted by atomic mass is 35.5. The molecule has 0 aromatic heterocycles. The third-order valence-electron chi connectivity index (χ3n) is 5.92. The van der Waals surface area contributed by atoms with Crippen LogP contribution < -0.4 is 10.6 Å². The minimum absolute atomic E-state index is 0.0195. The van der Waals surface area contributed by atoms with Gasteiger partial charge in [-0.05, 0) is 61.0 Å². The molecule has 0 fully saturated rings. The molecule has 12 heteroatoms. The molecule has 1 aliphatic rings. The number of rotatable bonds is 5. The van der Waals surface area contributed by atoms with E-state index in [1.54, 1.807) is 0 Å². The molecule has 0 aliphatic carbocycles. The Hall–Kier alpha value is -3.18. The number of aliphatic hydroxyl groups excluding tert-OH is 1. The zero-order valence-electron chi connectivity index (χ0n) is 18.9. The Kier molecular flexibility index (Phi) is 6.98. The van der Waals surface area contributed by atoms with Crippen LogP contribution in [-0.2, 0) is 11.8 Å². The second-order valence-corrected chi connectivity index (χ2v) is 9.51. The Morgan fingerprint density at radius 1 is 1.08 bits per heavy atom. The molecule has 3 aromatic carbocycles. The number of hydrogen-bond acceptors (Lipinski definition) is 4. The Morgan fingerprint density at radius 3 is 2.43 bits per heavy atom. The lowest BCUT2D eigenvalue weighted by molar-refractivity contribution is -0.137. The monoisotopic (exact) mass is 556 g/mol. The van der Waals surface area contributed by atoms with Gasteiger partial charge >= 0.3 is 6.18 Å². The van der Waals surface area contributed by atoms with E-state index in [-0.39, 0.29) is 38.0 Å². The Balaban J connectivity index is 1.88. The van der Waals surface area contributed by atoms with E-state index in [4.69, 9.17) is 23.2 Å². The molecule has 4 N–H and O–H groups in total. The summed E-state index contributed by atoms with van der Waals surface area (Å²) in [5.74, 6) is -2.29. The van der Waals surface area contributed by atoms with Gasteiger partial charge in [-0.2, -0.15) is 13.2 Å². The quantitative estimate of drug-likeness (QED) is 0.315. The van der Waals surface area contributed by atoms with E-state index in [2.05, 4.69) is 10.6 Å². The second kappa shape index (κ2) is 9.60. The Bertz CT molecular complexity index is 1430. The van der Waals surface area contributed by atoms with Crippen molar-refractivity contribution in [2.24, 2.45) is 0 Å². The van der Waals surface area contributed by atoms with Crippen molar-refractivity contribution in [3.63, 3.8) is 0 Å². The Morgan fingerprint density at radius 2 is 1.78 bits per heavy atom. The molecule has 3 aromatic rings. The van der Waals surface area contributed by atoms with E-state index >= 15 is 0 Å². The fraction of sp³-hybridized carbons (Fsp3) is 0.200. The maximum Gasteiger partial charge on any atom is 0.416 e. The lowest BCUT2D eigenvalue weighted by atomic mass is 9.89. The van der Waals surface area contributed by atoms with Crippen LogP contribution in [0.2, 0.25) is 10.0 Å². The van der Waals surface area contributed by atoms with Crippen molar-refractivity contribution in [2.75, 3.05) is 11.9 Å². The van der Waals surface area contributed by atoms with E-state index in [1.165, 1.54) is 25.1 Å².